The number of halogens is 1. The molecular weight excluding hydrogens is 388 g/mol. The maximum atomic E-state index is 13.0. The summed E-state index contributed by atoms with van der Waals surface area (Å²) in [5.41, 5.74) is 4.29. The summed E-state index contributed by atoms with van der Waals surface area (Å²) in [5, 5.41) is 9.32. The fourth-order valence-electron chi connectivity index (χ4n) is 3.11. The zero-order chi connectivity index (χ0) is 21.0. The van der Waals surface area contributed by atoms with E-state index in [9.17, 15) is 9.90 Å². The predicted molar refractivity (Wildman–Crippen MR) is 121 cm³/mol. The third-order valence-corrected chi connectivity index (χ3v) is 6.62. The van der Waals surface area contributed by atoms with Crippen LogP contribution in [0, 0.1) is 0 Å². The second-order valence-electron chi connectivity index (χ2n) is 8.17. The summed E-state index contributed by atoms with van der Waals surface area (Å²) in [5.74, 6) is 1.00. The van der Waals surface area contributed by atoms with Gasteiger partial charge in [-0.25, -0.2) is 0 Å². The van der Waals surface area contributed by atoms with Crippen LogP contribution in [0.5, 0.6) is 0 Å². The second-order valence-corrected chi connectivity index (χ2v) is 9.66. The summed E-state index contributed by atoms with van der Waals surface area (Å²) in [7, 11) is 0. The number of rotatable bonds is 7. The smallest absolute Gasteiger partial charge is 0.214 e. The molecule has 0 saturated carbocycles. The van der Waals surface area contributed by atoms with Crippen LogP contribution < -0.4 is 0 Å². The molecule has 2 nitrogen and oxygen atoms in total. The van der Waals surface area contributed by atoms with Gasteiger partial charge in [-0.1, -0.05) is 84.0 Å². The zero-order valence-corrected chi connectivity index (χ0v) is 19.1. The van der Waals surface area contributed by atoms with Crippen LogP contribution in [-0.2, 0) is 4.79 Å². The number of aliphatic hydroxyl groups is 1. The van der Waals surface area contributed by atoms with Crippen LogP contribution >= 0.6 is 23.4 Å². The lowest BCUT2D eigenvalue weighted by molar-refractivity contribution is -0.112. The normalized spacial score (nSPS) is 14.0. The summed E-state index contributed by atoms with van der Waals surface area (Å²) in [6.45, 7) is 13.0. The first kappa shape index (κ1) is 23.0. The van der Waals surface area contributed by atoms with Crippen molar-refractivity contribution in [3.8, 4) is 0 Å². The molecule has 0 fully saturated rings. The van der Waals surface area contributed by atoms with E-state index in [2.05, 4.69) is 53.7 Å². The highest BCUT2D eigenvalue weighted by molar-refractivity contribution is 8.14. The number of alkyl halides is 1. The molecule has 0 saturated heterocycles. The zero-order valence-electron chi connectivity index (χ0n) is 17.6. The van der Waals surface area contributed by atoms with E-state index in [0.717, 1.165) is 4.90 Å². The molecule has 0 aromatic heterocycles. The molecule has 0 heterocycles. The molecule has 0 spiro atoms. The minimum Gasteiger partial charge on any atom is -0.386 e. The molecule has 0 aliphatic heterocycles. The van der Waals surface area contributed by atoms with Crippen molar-refractivity contribution in [3.63, 3.8) is 0 Å². The molecule has 0 bridgehead atoms. The number of carbonyl (C=O) groups excluding carboxylic acids is 1. The predicted octanol–water partition coefficient (Wildman–Crippen LogP) is 7.02. The Morgan fingerprint density at radius 2 is 1.36 bits per heavy atom. The number of aliphatic hydroxyl groups excluding tert-OH is 1. The molecule has 2 rings (SSSR count). The molecule has 2 atom stereocenters. The molecule has 0 aliphatic carbocycles. The molecule has 0 radical (unpaired) electrons. The first-order valence-electron chi connectivity index (χ1n) is 9.89. The second kappa shape index (κ2) is 9.96. The Balaban J connectivity index is 2.39. The lowest BCUT2D eigenvalue weighted by atomic mass is 9.89. The van der Waals surface area contributed by atoms with Crippen molar-refractivity contribution < 1.29 is 9.90 Å². The fourth-order valence-corrected chi connectivity index (χ4v) is 4.66. The van der Waals surface area contributed by atoms with Gasteiger partial charge in [-0.15, -0.1) is 11.6 Å². The lowest BCUT2D eigenvalue weighted by Crippen LogP contribution is -2.21. The molecule has 2 aromatic carbocycles. The van der Waals surface area contributed by atoms with Gasteiger partial charge in [0.25, 0.3) is 0 Å². The first-order valence-corrected chi connectivity index (χ1v) is 11.1. The van der Waals surface area contributed by atoms with Gasteiger partial charge in [-0.3, -0.25) is 4.79 Å². The van der Waals surface area contributed by atoms with Crippen molar-refractivity contribution in [1.82, 2.24) is 0 Å². The quantitative estimate of drug-likeness (QED) is 0.387. The summed E-state index contributed by atoms with van der Waals surface area (Å²) in [6, 6.07) is 13.5. The minimum absolute atomic E-state index is 0.223. The maximum absolute atomic E-state index is 13.0. The number of carbonyl (C=O) groups is 1. The topological polar surface area (TPSA) is 37.3 Å². The van der Waals surface area contributed by atoms with Crippen LogP contribution in [0.1, 0.15) is 87.7 Å². The third-order valence-electron chi connectivity index (χ3n) is 4.93. The van der Waals surface area contributed by atoms with Crippen molar-refractivity contribution in [2.75, 3.05) is 0 Å². The highest BCUT2D eigenvalue weighted by Crippen LogP contribution is 2.40. The Labute approximate surface area is 178 Å². The molecule has 0 unspecified atom stereocenters. The third kappa shape index (κ3) is 5.40. The van der Waals surface area contributed by atoms with E-state index < -0.39 is 11.5 Å². The average Bonchev–Trinajstić information content (AvgIpc) is 2.66. The number of thioether (sulfide) groups is 1. The van der Waals surface area contributed by atoms with Gasteiger partial charge in [-0.05, 0) is 51.8 Å². The monoisotopic (exact) mass is 418 g/mol. The van der Waals surface area contributed by atoms with Gasteiger partial charge >= 0.3 is 0 Å². The van der Waals surface area contributed by atoms with Crippen molar-refractivity contribution in [2.24, 2.45) is 0 Å². The number of hydrogen-bond donors (Lipinski definition) is 1. The van der Waals surface area contributed by atoms with Gasteiger partial charge in [0.1, 0.15) is 11.5 Å². The molecule has 28 heavy (non-hydrogen) atoms. The van der Waals surface area contributed by atoms with Gasteiger partial charge in [-0.2, -0.15) is 0 Å². The van der Waals surface area contributed by atoms with Crippen molar-refractivity contribution in [1.29, 1.82) is 0 Å². The molecule has 1 N–H and O–H groups in total. The Hall–Kier alpha value is -1.29. The van der Waals surface area contributed by atoms with Crippen molar-refractivity contribution in [2.45, 2.75) is 75.7 Å². The van der Waals surface area contributed by atoms with E-state index in [1.54, 1.807) is 12.1 Å². The van der Waals surface area contributed by atoms with Crippen molar-refractivity contribution >= 4 is 28.5 Å². The number of benzene rings is 2. The molecule has 0 aliphatic rings. The van der Waals surface area contributed by atoms with Crippen LogP contribution in [0.25, 0.3) is 0 Å². The molecule has 2 aromatic rings. The van der Waals surface area contributed by atoms with E-state index in [1.165, 1.54) is 28.5 Å². The summed E-state index contributed by atoms with van der Waals surface area (Å²) in [4.78, 5) is 14.0. The van der Waals surface area contributed by atoms with E-state index in [1.807, 2.05) is 18.2 Å². The molecule has 0 amide bonds. The van der Waals surface area contributed by atoms with Gasteiger partial charge in [0.05, 0.1) is 0 Å². The number of hydrogen-bond acceptors (Lipinski definition) is 3. The Bertz CT molecular complexity index is 771. The largest absolute Gasteiger partial charge is 0.386 e. The highest BCUT2D eigenvalue weighted by atomic mass is 35.5. The van der Waals surface area contributed by atoms with E-state index in [4.69, 9.17) is 11.6 Å². The van der Waals surface area contributed by atoms with E-state index in [0.29, 0.717) is 23.3 Å². The minimum atomic E-state index is -1.03. The standard InChI is InChI=1S/C24H31ClO2S/c1-14(2)18-12-19(15(3)4)23(20(13-18)16(5)6)28-24(27)21(25)22(26)17-10-8-7-9-11-17/h7-16,21-22,26H,1-6H3/t21-,22+/m0/s1. The van der Waals surface area contributed by atoms with E-state index in [-0.39, 0.29) is 5.12 Å². The summed E-state index contributed by atoms with van der Waals surface area (Å²) in [6.07, 6.45) is -1.03. The highest BCUT2D eigenvalue weighted by Gasteiger charge is 2.29. The van der Waals surface area contributed by atoms with Gasteiger partial charge < -0.3 is 5.11 Å². The first-order chi connectivity index (χ1) is 13.1. The Morgan fingerprint density at radius 3 is 1.79 bits per heavy atom. The summed E-state index contributed by atoms with van der Waals surface area (Å²) >= 11 is 7.57. The SMILES string of the molecule is CC(C)c1cc(C(C)C)c(SC(=O)[C@@H](Cl)[C@H](O)c2ccccc2)c(C(C)C)c1. The van der Waals surface area contributed by atoms with Gasteiger partial charge in [0, 0.05) is 4.90 Å². The maximum Gasteiger partial charge on any atom is 0.214 e. The molecular formula is C24H31ClO2S. The molecule has 4 heteroatoms. The fraction of sp³-hybridized carbons (Fsp3) is 0.458. The Morgan fingerprint density at radius 1 is 0.857 bits per heavy atom. The molecule has 152 valence electrons. The van der Waals surface area contributed by atoms with Crippen LogP contribution in [0.15, 0.2) is 47.4 Å². The van der Waals surface area contributed by atoms with Gasteiger partial charge in [0.2, 0.25) is 5.12 Å². The van der Waals surface area contributed by atoms with E-state index >= 15 is 0 Å². The van der Waals surface area contributed by atoms with Gasteiger partial charge in [0.15, 0.2) is 0 Å². The lowest BCUT2D eigenvalue weighted by Gasteiger charge is -2.23. The van der Waals surface area contributed by atoms with Crippen molar-refractivity contribution in [3.05, 3.63) is 64.7 Å². The Kier molecular flexibility index (Phi) is 8.18. The van der Waals surface area contributed by atoms with Crippen LogP contribution in [0.4, 0.5) is 0 Å². The summed E-state index contributed by atoms with van der Waals surface area (Å²) < 4.78 is 0. The van der Waals surface area contributed by atoms with Crippen LogP contribution in [0.2, 0.25) is 0 Å². The van der Waals surface area contributed by atoms with Crippen LogP contribution in [0.3, 0.4) is 0 Å². The van der Waals surface area contributed by atoms with Crippen LogP contribution in [-0.4, -0.2) is 15.6 Å². The average molecular weight is 419 g/mol.